The van der Waals surface area contributed by atoms with E-state index in [4.69, 9.17) is 4.74 Å². The summed E-state index contributed by atoms with van der Waals surface area (Å²) in [7, 11) is 0. The summed E-state index contributed by atoms with van der Waals surface area (Å²) in [6, 6.07) is 9.23. The molecule has 2 amide bonds. The van der Waals surface area contributed by atoms with Crippen molar-refractivity contribution >= 4 is 23.2 Å². The van der Waals surface area contributed by atoms with E-state index in [2.05, 4.69) is 10.9 Å². The number of halogens is 1. The number of carbonyl (C=O) groups is 2. The molecule has 2 aromatic rings. The summed E-state index contributed by atoms with van der Waals surface area (Å²) in [6.45, 7) is 2.95. The fourth-order valence-corrected chi connectivity index (χ4v) is 3.11. The maximum absolute atomic E-state index is 12.9. The first kappa shape index (κ1) is 21.0. The van der Waals surface area contributed by atoms with Crippen molar-refractivity contribution in [2.45, 2.75) is 25.9 Å². The minimum atomic E-state index is -0.973. The number of benzene rings is 2. The van der Waals surface area contributed by atoms with Crippen LogP contribution < -0.4 is 20.5 Å². The zero-order valence-corrected chi connectivity index (χ0v) is 16.3. The predicted molar refractivity (Wildman–Crippen MR) is 107 cm³/mol. The first-order chi connectivity index (χ1) is 14.3. The van der Waals surface area contributed by atoms with Crippen molar-refractivity contribution in [3.05, 3.63) is 64.0 Å². The Kier molecular flexibility index (Phi) is 6.45. The molecule has 0 aromatic heterocycles. The smallest absolute Gasteiger partial charge is 0.279 e. The summed E-state index contributed by atoms with van der Waals surface area (Å²) < 4.78 is 18.3. The van der Waals surface area contributed by atoms with Gasteiger partial charge in [-0.3, -0.25) is 30.6 Å². The molecule has 0 saturated carbocycles. The number of nitro benzene ring substituents is 1. The Balaban J connectivity index is 1.67. The highest BCUT2D eigenvalue weighted by atomic mass is 19.1. The second-order valence-corrected chi connectivity index (χ2v) is 6.81. The number of carbonyl (C=O) groups excluding carboxylic acids is 2. The number of hydrazine groups is 1. The van der Waals surface area contributed by atoms with Crippen LogP contribution in [0.25, 0.3) is 0 Å². The molecule has 10 heteroatoms. The molecule has 158 valence electrons. The average Bonchev–Trinajstić information content (AvgIpc) is 3.27. The highest BCUT2D eigenvalue weighted by Gasteiger charge is 2.23. The van der Waals surface area contributed by atoms with Gasteiger partial charge in [-0.05, 0) is 50.1 Å². The second-order valence-electron chi connectivity index (χ2n) is 6.81. The van der Waals surface area contributed by atoms with Gasteiger partial charge in [0.1, 0.15) is 11.6 Å². The molecule has 30 heavy (non-hydrogen) atoms. The number of ether oxygens (including phenoxy) is 1. The van der Waals surface area contributed by atoms with Crippen LogP contribution in [0.2, 0.25) is 0 Å². The maximum Gasteiger partial charge on any atom is 0.279 e. The van der Waals surface area contributed by atoms with Gasteiger partial charge in [0.15, 0.2) is 6.10 Å². The lowest BCUT2D eigenvalue weighted by molar-refractivity contribution is -0.384. The average molecular weight is 416 g/mol. The van der Waals surface area contributed by atoms with Gasteiger partial charge in [0.2, 0.25) is 0 Å². The Morgan fingerprint density at radius 1 is 1.13 bits per heavy atom. The van der Waals surface area contributed by atoms with Crippen molar-refractivity contribution in [3.8, 4) is 5.75 Å². The number of rotatable bonds is 6. The molecule has 2 aromatic carbocycles. The number of non-ortho nitro benzene ring substituents is 1. The molecule has 1 saturated heterocycles. The standard InChI is InChI=1S/C20H21FN4O5/c1-13(30-16-7-4-14(21)5-8-16)19(26)22-23-20(27)17-12-15(25(28)29)6-9-18(17)24-10-2-3-11-24/h4-9,12-13H,2-3,10-11H2,1H3,(H,22,26)(H,23,27)/t13-/m0/s1. The van der Waals surface area contributed by atoms with Gasteiger partial charge in [0.25, 0.3) is 17.5 Å². The highest BCUT2D eigenvalue weighted by Crippen LogP contribution is 2.28. The number of hydrogen-bond acceptors (Lipinski definition) is 6. The fraction of sp³-hybridized carbons (Fsp3) is 0.300. The lowest BCUT2D eigenvalue weighted by atomic mass is 10.1. The minimum Gasteiger partial charge on any atom is -0.481 e. The van der Waals surface area contributed by atoms with Gasteiger partial charge in [-0.1, -0.05) is 0 Å². The molecule has 1 fully saturated rings. The molecule has 0 spiro atoms. The van der Waals surface area contributed by atoms with Crippen molar-refractivity contribution < 1.29 is 23.6 Å². The number of nitrogens with one attached hydrogen (secondary N) is 2. The van der Waals surface area contributed by atoms with Gasteiger partial charge in [-0.2, -0.15) is 0 Å². The Morgan fingerprint density at radius 2 is 1.80 bits per heavy atom. The summed E-state index contributed by atoms with van der Waals surface area (Å²) in [6.07, 6.45) is 0.957. The van der Waals surface area contributed by atoms with Gasteiger partial charge in [-0.15, -0.1) is 0 Å². The largest absolute Gasteiger partial charge is 0.481 e. The zero-order valence-electron chi connectivity index (χ0n) is 16.3. The van der Waals surface area contributed by atoms with E-state index in [-0.39, 0.29) is 11.3 Å². The van der Waals surface area contributed by atoms with Gasteiger partial charge >= 0.3 is 0 Å². The van der Waals surface area contributed by atoms with Crippen LogP contribution in [-0.4, -0.2) is 35.9 Å². The van der Waals surface area contributed by atoms with E-state index in [1.54, 1.807) is 6.07 Å². The molecule has 1 aliphatic heterocycles. The van der Waals surface area contributed by atoms with Gasteiger partial charge in [-0.25, -0.2) is 4.39 Å². The van der Waals surface area contributed by atoms with Crippen molar-refractivity contribution in [1.82, 2.24) is 10.9 Å². The third-order valence-electron chi connectivity index (χ3n) is 4.68. The third kappa shape index (κ3) is 5.02. The molecular weight excluding hydrogens is 395 g/mol. The monoisotopic (exact) mass is 416 g/mol. The highest BCUT2D eigenvalue weighted by molar-refractivity contribution is 6.01. The molecule has 0 radical (unpaired) electrons. The summed E-state index contributed by atoms with van der Waals surface area (Å²) in [5.74, 6) is -1.46. The lowest BCUT2D eigenvalue weighted by Gasteiger charge is -2.21. The summed E-state index contributed by atoms with van der Waals surface area (Å²) in [4.78, 5) is 37.4. The van der Waals surface area contributed by atoms with E-state index in [9.17, 15) is 24.1 Å². The molecule has 0 aliphatic carbocycles. The second kappa shape index (κ2) is 9.21. The molecule has 9 nitrogen and oxygen atoms in total. The number of nitrogens with zero attached hydrogens (tertiary/aromatic N) is 2. The SMILES string of the molecule is C[C@H](Oc1ccc(F)cc1)C(=O)NNC(=O)c1cc([N+](=O)[O-])ccc1N1CCCC1. The maximum atomic E-state index is 12.9. The predicted octanol–water partition coefficient (Wildman–Crippen LogP) is 2.56. The molecular formula is C20H21FN4O5. The van der Waals surface area contributed by atoms with Crippen LogP contribution >= 0.6 is 0 Å². The molecule has 0 unspecified atom stereocenters. The number of hydrogen-bond donors (Lipinski definition) is 2. The Hall–Kier alpha value is -3.69. The summed E-state index contributed by atoms with van der Waals surface area (Å²) in [5, 5.41) is 11.1. The quantitative estimate of drug-likeness (QED) is 0.553. The first-order valence-electron chi connectivity index (χ1n) is 9.41. The van der Waals surface area contributed by atoms with Gasteiger partial charge in [0, 0.05) is 25.2 Å². The molecule has 0 bridgehead atoms. The van der Waals surface area contributed by atoms with Crippen LogP contribution in [0, 0.1) is 15.9 Å². The van der Waals surface area contributed by atoms with E-state index in [1.165, 1.54) is 43.3 Å². The summed E-state index contributed by atoms with van der Waals surface area (Å²) in [5.41, 5.74) is 4.98. The van der Waals surface area contributed by atoms with Crippen LogP contribution in [0.1, 0.15) is 30.1 Å². The molecule has 1 atom stereocenters. The summed E-state index contributed by atoms with van der Waals surface area (Å²) >= 11 is 0. The van der Waals surface area contributed by atoms with E-state index in [1.807, 2.05) is 4.90 Å². The first-order valence-corrected chi connectivity index (χ1v) is 9.41. The fourth-order valence-electron chi connectivity index (χ4n) is 3.11. The van der Waals surface area contributed by atoms with Crippen LogP contribution in [0.3, 0.4) is 0 Å². The van der Waals surface area contributed by atoms with E-state index in [0.717, 1.165) is 25.9 Å². The molecule has 3 rings (SSSR count). The Labute approximate surface area is 171 Å². The third-order valence-corrected chi connectivity index (χ3v) is 4.68. The van der Waals surface area contributed by atoms with Gasteiger partial charge < -0.3 is 9.64 Å². The number of amides is 2. The Morgan fingerprint density at radius 3 is 2.43 bits per heavy atom. The van der Waals surface area contributed by atoms with Crippen molar-refractivity contribution in [2.24, 2.45) is 0 Å². The Bertz CT molecular complexity index is 945. The number of nitro groups is 1. The van der Waals surface area contributed by atoms with Crippen LogP contribution in [0.5, 0.6) is 5.75 Å². The minimum absolute atomic E-state index is 0.0958. The zero-order chi connectivity index (χ0) is 21.7. The van der Waals surface area contributed by atoms with Crippen LogP contribution in [-0.2, 0) is 4.79 Å². The normalized spacial score (nSPS) is 14.1. The molecule has 1 aliphatic rings. The van der Waals surface area contributed by atoms with E-state index < -0.39 is 28.7 Å². The topological polar surface area (TPSA) is 114 Å². The molecule has 2 N–H and O–H groups in total. The van der Waals surface area contributed by atoms with Crippen LogP contribution in [0.4, 0.5) is 15.8 Å². The van der Waals surface area contributed by atoms with Crippen molar-refractivity contribution in [3.63, 3.8) is 0 Å². The van der Waals surface area contributed by atoms with Gasteiger partial charge in [0.05, 0.1) is 16.2 Å². The molecule has 1 heterocycles. The van der Waals surface area contributed by atoms with Crippen molar-refractivity contribution in [2.75, 3.05) is 18.0 Å². The van der Waals surface area contributed by atoms with Crippen LogP contribution in [0.15, 0.2) is 42.5 Å². The van der Waals surface area contributed by atoms with E-state index in [0.29, 0.717) is 11.4 Å². The number of anilines is 1. The van der Waals surface area contributed by atoms with E-state index >= 15 is 0 Å². The lowest BCUT2D eigenvalue weighted by Crippen LogP contribution is -2.47. The van der Waals surface area contributed by atoms with Crippen molar-refractivity contribution in [1.29, 1.82) is 0 Å².